The van der Waals surface area contributed by atoms with Gasteiger partial charge in [0, 0.05) is 23.6 Å². The van der Waals surface area contributed by atoms with Gasteiger partial charge in [-0.3, -0.25) is 19.5 Å². The molecule has 0 bridgehead atoms. The fourth-order valence-electron chi connectivity index (χ4n) is 2.68. The molecular weight excluding hydrogens is 449 g/mol. The van der Waals surface area contributed by atoms with E-state index in [-0.39, 0.29) is 12.2 Å². The highest BCUT2D eigenvalue weighted by Gasteiger charge is 2.18. The lowest BCUT2D eigenvalue weighted by Gasteiger charge is -2.11. The van der Waals surface area contributed by atoms with E-state index in [0.717, 1.165) is 11.1 Å². The molecule has 0 atom stereocenters. The van der Waals surface area contributed by atoms with E-state index >= 15 is 0 Å². The quantitative estimate of drug-likeness (QED) is 0.231. The zero-order valence-corrected chi connectivity index (χ0v) is 18.1. The van der Waals surface area contributed by atoms with Gasteiger partial charge in [0.25, 0.3) is 11.6 Å². The number of hydrogen-bond acceptors (Lipinski definition) is 6. The van der Waals surface area contributed by atoms with E-state index in [2.05, 4.69) is 21.6 Å². The van der Waals surface area contributed by atoms with Crippen LogP contribution >= 0.6 is 35.0 Å². The van der Waals surface area contributed by atoms with Crippen LogP contribution in [0.25, 0.3) is 5.69 Å². The molecule has 3 rings (SSSR count). The number of nitrogens with one attached hydrogen (secondary N) is 1. The third kappa shape index (κ3) is 5.50. The second-order valence-electron chi connectivity index (χ2n) is 6.30. The Balaban J connectivity index is 1.89. The van der Waals surface area contributed by atoms with Crippen LogP contribution in [-0.4, -0.2) is 30.4 Å². The summed E-state index contributed by atoms with van der Waals surface area (Å²) in [7, 11) is 0. The third-order valence-electron chi connectivity index (χ3n) is 4.09. The molecule has 1 aromatic heterocycles. The summed E-state index contributed by atoms with van der Waals surface area (Å²) in [6.07, 6.45) is 0. The summed E-state index contributed by atoms with van der Waals surface area (Å²) in [6, 6.07) is 14.1. The number of aromatic nitrogens is 3. The Labute approximate surface area is 186 Å². The molecule has 8 nitrogen and oxygen atoms in total. The molecule has 0 saturated carbocycles. The van der Waals surface area contributed by atoms with Gasteiger partial charge in [0.05, 0.1) is 11.5 Å². The van der Waals surface area contributed by atoms with E-state index in [1.807, 2.05) is 25.1 Å². The van der Waals surface area contributed by atoms with Gasteiger partial charge in [-0.15, -0.1) is 10.2 Å². The highest BCUT2D eigenvalue weighted by atomic mass is 35.5. The number of thioether (sulfide) groups is 1. The highest BCUT2D eigenvalue weighted by molar-refractivity contribution is 7.98. The van der Waals surface area contributed by atoms with Gasteiger partial charge in [-0.2, -0.15) is 0 Å². The van der Waals surface area contributed by atoms with Gasteiger partial charge in [0.2, 0.25) is 0 Å². The van der Waals surface area contributed by atoms with Crippen molar-refractivity contribution in [1.29, 1.82) is 0 Å². The first-order valence-corrected chi connectivity index (χ1v) is 10.6. The molecule has 0 fully saturated rings. The molecule has 11 heteroatoms. The SMILES string of the molecule is Cc1cccc(CSc2nnc(CNC(=O)C(Cl)Cl)n2-c2ccc([N+](=O)[O-])cc2)c1. The molecule has 1 amide bonds. The molecule has 0 saturated heterocycles. The number of carbonyl (C=O) groups excluding carboxylic acids is 1. The second-order valence-corrected chi connectivity index (χ2v) is 8.34. The lowest BCUT2D eigenvalue weighted by Crippen LogP contribution is -2.29. The van der Waals surface area contributed by atoms with Gasteiger partial charge in [0.15, 0.2) is 15.8 Å². The van der Waals surface area contributed by atoms with Crippen molar-refractivity contribution < 1.29 is 9.72 Å². The standard InChI is InChI=1S/C19H17Cl2N5O3S/c1-12-3-2-4-13(9-12)11-30-19-24-23-16(10-22-18(27)17(20)21)25(19)14-5-7-15(8-6-14)26(28)29/h2-9,17H,10-11H2,1H3,(H,22,27). The topological polar surface area (TPSA) is 103 Å². The van der Waals surface area contributed by atoms with Crippen LogP contribution in [0.5, 0.6) is 0 Å². The minimum Gasteiger partial charge on any atom is -0.346 e. The number of nitro benzene ring substituents is 1. The summed E-state index contributed by atoms with van der Waals surface area (Å²) in [6.45, 7) is 2.07. The van der Waals surface area contributed by atoms with E-state index in [1.54, 1.807) is 16.7 Å². The number of alkyl halides is 2. The van der Waals surface area contributed by atoms with Crippen LogP contribution in [0.3, 0.4) is 0 Å². The number of nitro groups is 1. The predicted octanol–water partition coefficient (Wildman–Crippen LogP) is 4.20. The Kier molecular flexibility index (Phi) is 7.30. The van der Waals surface area contributed by atoms with Crippen LogP contribution in [0, 0.1) is 17.0 Å². The lowest BCUT2D eigenvalue weighted by atomic mass is 10.2. The van der Waals surface area contributed by atoms with Gasteiger partial charge >= 0.3 is 0 Å². The van der Waals surface area contributed by atoms with Crippen LogP contribution < -0.4 is 5.32 Å². The average molecular weight is 466 g/mol. The van der Waals surface area contributed by atoms with Crippen LogP contribution in [-0.2, 0) is 17.1 Å². The number of aryl methyl sites for hydroxylation is 1. The van der Waals surface area contributed by atoms with Gasteiger partial charge in [-0.1, -0.05) is 64.8 Å². The third-order valence-corrected chi connectivity index (χ3v) is 5.48. The zero-order chi connectivity index (χ0) is 21.7. The lowest BCUT2D eigenvalue weighted by molar-refractivity contribution is -0.384. The minimum absolute atomic E-state index is 0.0252. The highest BCUT2D eigenvalue weighted by Crippen LogP contribution is 2.26. The molecular formula is C19H17Cl2N5O3S. The second kappa shape index (κ2) is 9.92. The molecule has 0 unspecified atom stereocenters. The molecule has 0 aliphatic rings. The zero-order valence-electron chi connectivity index (χ0n) is 15.8. The number of non-ortho nitro benzene ring substituents is 1. The summed E-state index contributed by atoms with van der Waals surface area (Å²) in [5.41, 5.74) is 2.89. The Morgan fingerprint density at radius 2 is 1.97 bits per heavy atom. The monoisotopic (exact) mass is 465 g/mol. The summed E-state index contributed by atoms with van der Waals surface area (Å²) < 4.78 is 1.74. The molecule has 30 heavy (non-hydrogen) atoms. The molecule has 156 valence electrons. The molecule has 1 N–H and O–H groups in total. The fourth-order valence-corrected chi connectivity index (χ4v) is 3.75. The van der Waals surface area contributed by atoms with Crippen molar-refractivity contribution in [3.63, 3.8) is 0 Å². The molecule has 2 aromatic carbocycles. The van der Waals surface area contributed by atoms with Crippen LogP contribution in [0.2, 0.25) is 0 Å². The average Bonchev–Trinajstić information content (AvgIpc) is 3.13. The fraction of sp³-hybridized carbons (Fsp3) is 0.211. The van der Waals surface area contributed by atoms with Crippen LogP contribution in [0.4, 0.5) is 5.69 Å². The number of amides is 1. The van der Waals surface area contributed by atoms with E-state index in [1.165, 1.54) is 23.9 Å². The van der Waals surface area contributed by atoms with Gasteiger partial charge in [0.1, 0.15) is 0 Å². The Morgan fingerprint density at radius 3 is 2.60 bits per heavy atom. The number of rotatable bonds is 8. The summed E-state index contributed by atoms with van der Waals surface area (Å²) >= 11 is 12.6. The Morgan fingerprint density at radius 1 is 1.23 bits per heavy atom. The maximum atomic E-state index is 11.7. The Hall–Kier alpha value is -2.62. The Bertz CT molecular complexity index is 1060. The van der Waals surface area contributed by atoms with Crippen molar-refractivity contribution in [2.75, 3.05) is 0 Å². The van der Waals surface area contributed by atoms with Crippen molar-refractivity contribution in [2.24, 2.45) is 0 Å². The number of benzene rings is 2. The number of nitrogens with zero attached hydrogens (tertiary/aromatic N) is 4. The summed E-state index contributed by atoms with van der Waals surface area (Å²) in [5.74, 6) is 0.549. The maximum absolute atomic E-state index is 11.7. The van der Waals surface area contributed by atoms with Crippen molar-refractivity contribution in [3.05, 3.63) is 75.6 Å². The van der Waals surface area contributed by atoms with E-state index in [0.29, 0.717) is 22.4 Å². The number of hydrogen-bond donors (Lipinski definition) is 1. The molecule has 0 aliphatic carbocycles. The van der Waals surface area contributed by atoms with E-state index < -0.39 is 15.7 Å². The first kappa shape index (κ1) is 22.1. The van der Waals surface area contributed by atoms with Crippen LogP contribution in [0.1, 0.15) is 17.0 Å². The molecule has 0 radical (unpaired) electrons. The number of halogens is 2. The van der Waals surface area contributed by atoms with Crippen LogP contribution in [0.15, 0.2) is 53.7 Å². The van der Waals surface area contributed by atoms with Gasteiger partial charge < -0.3 is 5.32 Å². The predicted molar refractivity (Wildman–Crippen MR) is 116 cm³/mol. The maximum Gasteiger partial charge on any atom is 0.269 e. The van der Waals surface area contributed by atoms with E-state index in [4.69, 9.17) is 23.2 Å². The minimum atomic E-state index is -1.20. The van der Waals surface area contributed by atoms with Gasteiger partial charge in [-0.05, 0) is 24.6 Å². The first-order valence-electron chi connectivity index (χ1n) is 8.78. The summed E-state index contributed by atoms with van der Waals surface area (Å²) in [5, 5.41) is 22.5. The van der Waals surface area contributed by atoms with Crippen molar-refractivity contribution in [3.8, 4) is 5.69 Å². The summed E-state index contributed by atoms with van der Waals surface area (Å²) in [4.78, 5) is 21.0. The van der Waals surface area contributed by atoms with Crippen molar-refractivity contribution >= 4 is 46.6 Å². The number of carbonyl (C=O) groups is 1. The molecule has 3 aromatic rings. The molecule has 1 heterocycles. The van der Waals surface area contributed by atoms with Crippen molar-refractivity contribution in [1.82, 2.24) is 20.1 Å². The molecule has 0 spiro atoms. The largest absolute Gasteiger partial charge is 0.346 e. The van der Waals surface area contributed by atoms with E-state index in [9.17, 15) is 14.9 Å². The van der Waals surface area contributed by atoms with Gasteiger partial charge in [-0.25, -0.2) is 0 Å². The normalized spacial score (nSPS) is 10.9. The first-order chi connectivity index (χ1) is 14.3. The smallest absolute Gasteiger partial charge is 0.269 e. The van der Waals surface area contributed by atoms with Crippen molar-refractivity contribution in [2.45, 2.75) is 29.2 Å². The molecule has 0 aliphatic heterocycles.